The Hall–Kier alpha value is -3.77. The molecule has 1 saturated carbocycles. The second kappa shape index (κ2) is 12.3. The van der Waals surface area contributed by atoms with E-state index in [4.69, 9.17) is 9.72 Å². The highest BCUT2D eigenvalue weighted by Crippen LogP contribution is 2.51. The van der Waals surface area contributed by atoms with Crippen LogP contribution in [0.2, 0.25) is 0 Å². The number of ether oxygens (including phenoxy) is 1. The lowest BCUT2D eigenvalue weighted by atomic mass is 9.68. The zero-order chi connectivity index (χ0) is 30.2. The number of carbonyl (C=O) groups excluding carboxylic acids is 2. The van der Waals surface area contributed by atoms with Gasteiger partial charge in [0.05, 0.1) is 30.2 Å². The van der Waals surface area contributed by atoms with Gasteiger partial charge in [-0.2, -0.15) is 0 Å². The number of allylic oxidation sites excluding steroid dienone is 2. The first kappa shape index (κ1) is 29.0. The van der Waals surface area contributed by atoms with Gasteiger partial charge in [-0.05, 0) is 84.9 Å². The Kier molecular flexibility index (Phi) is 8.11. The third-order valence-corrected chi connectivity index (χ3v) is 10.5. The van der Waals surface area contributed by atoms with Gasteiger partial charge in [-0.15, -0.1) is 0 Å². The standard InChI is InChI=1S/C38H42N2O4/c1-2-10-26-22-30-36(38(43)40(37(30)42)27-11-4-3-5-12-27)31-23-44-34(35(26)31)19-17-25(32-15-8-9-20-39-32)21-24-16-18-33(41)29-14-7-6-13-28(24)29/h6-9,13-16,18,20-21,27,30-31,34,36,41H,2-5,10-12,17,19,22-23H2,1H3/b25-21-/t30-,31+,34-,36-/m1/s1. The maximum Gasteiger partial charge on any atom is 0.234 e. The van der Waals surface area contributed by atoms with E-state index >= 15 is 0 Å². The number of hydrogen-bond acceptors (Lipinski definition) is 5. The minimum Gasteiger partial charge on any atom is -0.507 e. The summed E-state index contributed by atoms with van der Waals surface area (Å²) in [6, 6.07) is 17.7. The summed E-state index contributed by atoms with van der Waals surface area (Å²) >= 11 is 0. The first-order valence-corrected chi connectivity index (χ1v) is 16.6. The number of carbonyl (C=O) groups is 2. The highest BCUT2D eigenvalue weighted by atomic mass is 16.5. The van der Waals surface area contributed by atoms with E-state index in [2.05, 4.69) is 13.0 Å². The number of pyridine rings is 1. The van der Waals surface area contributed by atoms with E-state index < -0.39 is 0 Å². The number of nitrogens with zero attached hydrogens (tertiary/aromatic N) is 2. The molecule has 3 fully saturated rings. The molecule has 4 atom stereocenters. The fourth-order valence-electron chi connectivity index (χ4n) is 8.47. The van der Waals surface area contributed by atoms with Gasteiger partial charge in [-0.1, -0.05) is 74.6 Å². The second-order valence-electron chi connectivity index (χ2n) is 13.1. The van der Waals surface area contributed by atoms with Crippen LogP contribution in [-0.2, 0) is 14.3 Å². The minimum atomic E-state index is -0.279. The molecule has 228 valence electrons. The fraction of sp³-hybridized carbons (Fsp3) is 0.447. The molecule has 2 saturated heterocycles. The van der Waals surface area contributed by atoms with E-state index in [1.807, 2.05) is 54.7 Å². The number of phenolic OH excluding ortho intramolecular Hbond substituents is 1. The van der Waals surface area contributed by atoms with Gasteiger partial charge in [-0.25, -0.2) is 0 Å². The number of benzene rings is 2. The van der Waals surface area contributed by atoms with E-state index in [1.165, 1.54) is 17.6 Å². The summed E-state index contributed by atoms with van der Waals surface area (Å²) < 4.78 is 6.55. The van der Waals surface area contributed by atoms with Crippen LogP contribution in [-0.4, -0.2) is 45.6 Å². The normalized spacial score (nSPS) is 26.0. The van der Waals surface area contributed by atoms with Crippen molar-refractivity contribution in [1.29, 1.82) is 0 Å². The largest absolute Gasteiger partial charge is 0.507 e. The molecule has 6 nitrogen and oxygen atoms in total. The van der Waals surface area contributed by atoms with Crippen LogP contribution in [0.15, 0.2) is 71.9 Å². The average Bonchev–Trinajstić information content (AvgIpc) is 3.59. The number of aromatic nitrogens is 1. The predicted octanol–water partition coefficient (Wildman–Crippen LogP) is 7.71. The van der Waals surface area contributed by atoms with Crippen molar-refractivity contribution in [3.8, 4) is 5.75 Å². The summed E-state index contributed by atoms with van der Waals surface area (Å²) in [6.07, 6.45) is 13.4. The third-order valence-electron chi connectivity index (χ3n) is 10.5. The van der Waals surface area contributed by atoms with Crippen molar-refractivity contribution in [1.82, 2.24) is 9.88 Å². The molecule has 2 amide bonds. The highest BCUT2D eigenvalue weighted by molar-refractivity contribution is 6.06. The Morgan fingerprint density at radius 3 is 2.55 bits per heavy atom. The SMILES string of the molecule is CCCC1=C2[C@@H](CC/C(=C/c3ccc(O)c4ccccc34)c3ccccn3)OC[C@@H]2[C@@H]2C(=O)N(C3CCCCC3)C(=O)[C@@H]2C1. The lowest BCUT2D eigenvalue weighted by molar-refractivity contribution is -0.143. The van der Waals surface area contributed by atoms with Crippen molar-refractivity contribution in [2.24, 2.45) is 17.8 Å². The Morgan fingerprint density at radius 1 is 0.977 bits per heavy atom. The molecule has 1 N–H and O–H groups in total. The van der Waals surface area contributed by atoms with Gasteiger partial charge in [0.25, 0.3) is 0 Å². The first-order chi connectivity index (χ1) is 21.5. The van der Waals surface area contributed by atoms with E-state index in [1.54, 1.807) is 11.0 Å². The quantitative estimate of drug-likeness (QED) is 0.215. The van der Waals surface area contributed by atoms with Crippen LogP contribution in [0.3, 0.4) is 0 Å². The Bertz CT molecular complexity index is 1620. The summed E-state index contributed by atoms with van der Waals surface area (Å²) in [7, 11) is 0. The number of amides is 2. The maximum absolute atomic E-state index is 13.9. The molecule has 4 aliphatic rings. The number of rotatable bonds is 8. The maximum atomic E-state index is 13.9. The van der Waals surface area contributed by atoms with Crippen LogP contribution in [0, 0.1) is 17.8 Å². The molecule has 3 aromatic rings. The van der Waals surface area contributed by atoms with Crippen molar-refractivity contribution >= 4 is 34.2 Å². The molecule has 0 radical (unpaired) electrons. The molecular weight excluding hydrogens is 548 g/mol. The van der Waals surface area contributed by atoms with Gasteiger partial charge in [-0.3, -0.25) is 19.5 Å². The third kappa shape index (κ3) is 5.17. The van der Waals surface area contributed by atoms with E-state index in [0.29, 0.717) is 13.0 Å². The number of phenols is 1. The smallest absolute Gasteiger partial charge is 0.234 e. The van der Waals surface area contributed by atoms with Crippen molar-refractivity contribution in [3.63, 3.8) is 0 Å². The lowest BCUT2D eigenvalue weighted by Gasteiger charge is -2.32. The second-order valence-corrected chi connectivity index (χ2v) is 13.1. The summed E-state index contributed by atoms with van der Waals surface area (Å²) in [6.45, 7) is 2.70. The number of fused-ring (bicyclic) bond motifs is 4. The van der Waals surface area contributed by atoms with Crippen LogP contribution >= 0.6 is 0 Å². The molecule has 2 aliphatic carbocycles. The fourth-order valence-corrected chi connectivity index (χ4v) is 8.47. The topological polar surface area (TPSA) is 79.7 Å². The van der Waals surface area contributed by atoms with E-state index in [-0.39, 0.29) is 47.5 Å². The number of hydrogen-bond donors (Lipinski definition) is 1. The van der Waals surface area contributed by atoms with Gasteiger partial charge < -0.3 is 9.84 Å². The van der Waals surface area contributed by atoms with Crippen molar-refractivity contribution in [3.05, 3.63) is 83.2 Å². The van der Waals surface area contributed by atoms with E-state index in [0.717, 1.165) is 79.0 Å². The summed E-state index contributed by atoms with van der Waals surface area (Å²) in [5, 5.41) is 12.3. The van der Waals surface area contributed by atoms with Crippen molar-refractivity contribution in [2.75, 3.05) is 6.61 Å². The van der Waals surface area contributed by atoms with E-state index in [9.17, 15) is 14.7 Å². The summed E-state index contributed by atoms with van der Waals surface area (Å²) in [5.41, 5.74) is 5.71. The number of imide groups is 1. The molecule has 1 aromatic heterocycles. The first-order valence-electron chi connectivity index (χ1n) is 16.6. The zero-order valence-corrected chi connectivity index (χ0v) is 25.6. The van der Waals surface area contributed by atoms with Gasteiger partial charge in [0.1, 0.15) is 5.75 Å². The van der Waals surface area contributed by atoms with Crippen molar-refractivity contribution < 1.29 is 19.4 Å². The monoisotopic (exact) mass is 590 g/mol. The van der Waals surface area contributed by atoms with Crippen LogP contribution in [0.1, 0.15) is 82.4 Å². The highest BCUT2D eigenvalue weighted by Gasteiger charge is 2.58. The Morgan fingerprint density at radius 2 is 1.77 bits per heavy atom. The Balaban J connectivity index is 1.18. The molecule has 6 heteroatoms. The van der Waals surface area contributed by atoms with Crippen molar-refractivity contribution in [2.45, 2.75) is 83.3 Å². The Labute approximate surface area is 259 Å². The molecule has 2 aromatic carbocycles. The molecule has 44 heavy (non-hydrogen) atoms. The lowest BCUT2D eigenvalue weighted by Crippen LogP contribution is -2.42. The molecule has 0 spiro atoms. The van der Waals surface area contributed by atoms with Gasteiger partial charge in [0, 0.05) is 23.5 Å². The summed E-state index contributed by atoms with van der Waals surface area (Å²) in [4.78, 5) is 34.1. The molecule has 3 heterocycles. The van der Waals surface area contributed by atoms with Gasteiger partial charge in [0.2, 0.25) is 11.8 Å². The average molecular weight is 591 g/mol. The van der Waals surface area contributed by atoms with Crippen LogP contribution in [0.4, 0.5) is 0 Å². The number of likely N-dealkylation sites (tertiary alicyclic amines) is 1. The molecular formula is C38H42N2O4. The predicted molar refractivity (Wildman–Crippen MR) is 172 cm³/mol. The number of aromatic hydroxyl groups is 1. The van der Waals surface area contributed by atoms with Crippen LogP contribution in [0.25, 0.3) is 22.4 Å². The zero-order valence-electron chi connectivity index (χ0n) is 25.6. The summed E-state index contributed by atoms with van der Waals surface area (Å²) in [5.74, 6) is -0.107. The molecule has 0 bridgehead atoms. The molecule has 2 aliphatic heterocycles. The van der Waals surface area contributed by atoms with Crippen LogP contribution < -0.4 is 0 Å². The molecule has 7 rings (SSSR count). The van der Waals surface area contributed by atoms with Gasteiger partial charge >= 0.3 is 0 Å². The molecule has 0 unspecified atom stereocenters. The van der Waals surface area contributed by atoms with Gasteiger partial charge in [0.15, 0.2) is 0 Å². The minimum absolute atomic E-state index is 0.00587. The van der Waals surface area contributed by atoms with Crippen LogP contribution in [0.5, 0.6) is 5.75 Å².